The van der Waals surface area contributed by atoms with E-state index < -0.39 is 90.2 Å². The maximum absolute atomic E-state index is 11.5. The summed E-state index contributed by atoms with van der Waals surface area (Å²) < 4.78 is 67.0. The predicted molar refractivity (Wildman–Crippen MR) is 105 cm³/mol. The van der Waals surface area contributed by atoms with Crippen LogP contribution in [0.3, 0.4) is 0 Å². The van der Waals surface area contributed by atoms with Gasteiger partial charge in [0.25, 0.3) is 45.3 Å². The van der Waals surface area contributed by atoms with Gasteiger partial charge >= 0.3 is 59.1 Å². The van der Waals surface area contributed by atoms with Gasteiger partial charge in [-0.15, -0.1) is 0 Å². The second-order valence-electron chi connectivity index (χ2n) is 7.87. The Morgan fingerprint density at radius 3 is 1.00 bits per heavy atom. The third-order valence-corrected chi connectivity index (χ3v) is 7.70. The zero-order chi connectivity index (χ0) is 28.8. The molecule has 0 aliphatic carbocycles. The molecule has 20 nitrogen and oxygen atoms in total. The van der Waals surface area contributed by atoms with Crippen molar-refractivity contribution in [1.29, 1.82) is 0 Å². The third kappa shape index (κ3) is 6.68. The number of imide groups is 4. The number of rotatable bonds is 6. The molecule has 4 saturated heterocycles. The molecule has 4 rings (SSSR count). The molecular weight excluding hydrogens is 614 g/mol. The first-order valence-electron chi connectivity index (χ1n) is 10.0. The van der Waals surface area contributed by atoms with Gasteiger partial charge in [-0.2, -0.15) is 10.1 Å². The van der Waals surface area contributed by atoms with E-state index in [0.717, 1.165) is 0 Å². The number of carbonyl (C=O) groups excluding carboxylic acids is 8. The maximum Gasteiger partial charge on any atom is 1.00 e. The third-order valence-electron chi connectivity index (χ3n) is 5.28. The number of nitrogens with one attached hydrogen (secondary N) is 2. The van der Waals surface area contributed by atoms with Gasteiger partial charge in [0.2, 0.25) is 11.8 Å². The van der Waals surface area contributed by atoms with E-state index in [2.05, 4.69) is 9.68 Å². The second kappa shape index (κ2) is 12.7. The number of hydroxylamine groups is 4. The number of hydrogen-bond donors (Lipinski definition) is 2. The normalized spacial score (nSPS) is 26.8. The zero-order valence-corrected chi connectivity index (χ0v) is 26.1. The van der Waals surface area contributed by atoms with Crippen LogP contribution in [-0.4, -0.2) is 93.2 Å². The SMILES string of the molecule is O=C1CC(ON2C(=O)CCC2=O)(S(=O)(=O)[O-])C(=O)N1.O=C1CC(ON2C(=O)CCC2=O)(S(=O)(=O)[O-])C(=O)N1.[Na+].[Na+]. The van der Waals surface area contributed by atoms with Crippen molar-refractivity contribution in [2.75, 3.05) is 0 Å². The average molecular weight is 628 g/mol. The molecular formula is C16H14N4Na2O16S2. The Balaban J connectivity index is 0.000000381. The molecule has 0 radical (unpaired) electrons. The summed E-state index contributed by atoms with van der Waals surface area (Å²) in [4.78, 5) is 93.1. The van der Waals surface area contributed by atoms with E-state index in [4.69, 9.17) is 0 Å². The summed E-state index contributed by atoms with van der Waals surface area (Å²) in [7, 11) is -10.9. The average Bonchev–Trinajstić information content (AvgIpc) is 3.45. The molecule has 24 heteroatoms. The molecule has 208 valence electrons. The van der Waals surface area contributed by atoms with Crippen LogP contribution in [0.5, 0.6) is 0 Å². The Hall–Kier alpha value is -1.70. The number of amides is 8. The molecule has 4 fully saturated rings. The van der Waals surface area contributed by atoms with Crippen LogP contribution in [-0.2, 0) is 68.3 Å². The van der Waals surface area contributed by atoms with Crippen molar-refractivity contribution in [1.82, 2.24) is 20.8 Å². The molecule has 0 aromatic rings. The molecule has 8 amide bonds. The summed E-state index contributed by atoms with van der Waals surface area (Å²) in [6, 6.07) is 0. The topological polar surface area (TPSA) is 300 Å². The van der Waals surface area contributed by atoms with Crippen molar-refractivity contribution in [3.05, 3.63) is 0 Å². The minimum absolute atomic E-state index is 0. The first kappa shape index (κ1) is 36.3. The first-order valence-corrected chi connectivity index (χ1v) is 12.9. The van der Waals surface area contributed by atoms with Crippen molar-refractivity contribution in [3.63, 3.8) is 0 Å². The van der Waals surface area contributed by atoms with E-state index in [0.29, 0.717) is 0 Å². The standard InChI is InChI=1S/2C8H8N2O8S.2Na/c2*11-4-3-8(7(14)9-4,19(15,16)17)18-10-5(12)1-2-6(10)13;;/h2*1-3H2,(H,9,11,14)(H,15,16,17);;/q;;2*+1/p-2. The van der Waals surface area contributed by atoms with Crippen molar-refractivity contribution in [3.8, 4) is 0 Å². The Morgan fingerprint density at radius 1 is 0.575 bits per heavy atom. The maximum atomic E-state index is 11.5. The van der Waals surface area contributed by atoms with E-state index in [9.17, 15) is 64.3 Å². The molecule has 2 atom stereocenters. The number of carbonyl (C=O) groups is 8. The number of hydrogen-bond acceptors (Lipinski definition) is 16. The molecule has 4 heterocycles. The van der Waals surface area contributed by atoms with Crippen LogP contribution in [0.25, 0.3) is 0 Å². The fourth-order valence-electron chi connectivity index (χ4n) is 3.37. The molecule has 0 aromatic heterocycles. The molecule has 0 saturated carbocycles. The minimum Gasteiger partial charge on any atom is -0.745 e. The fourth-order valence-corrected chi connectivity index (χ4v) is 4.87. The molecule has 0 aromatic carbocycles. The van der Waals surface area contributed by atoms with Gasteiger partial charge < -0.3 is 9.11 Å². The Morgan fingerprint density at radius 2 is 0.825 bits per heavy atom. The molecule has 4 aliphatic heterocycles. The molecule has 2 unspecified atom stereocenters. The summed E-state index contributed by atoms with van der Waals surface area (Å²) in [5.74, 6) is -8.69. The monoisotopic (exact) mass is 628 g/mol. The van der Waals surface area contributed by atoms with Crippen LogP contribution in [0.15, 0.2) is 0 Å². The predicted octanol–water partition coefficient (Wildman–Crippen LogP) is -11.3. The largest absolute Gasteiger partial charge is 1.00 e. The van der Waals surface area contributed by atoms with E-state index in [-0.39, 0.29) is 94.9 Å². The van der Waals surface area contributed by atoms with Gasteiger partial charge in [-0.05, 0) is 0 Å². The van der Waals surface area contributed by atoms with Gasteiger partial charge in [0, 0.05) is 25.7 Å². The van der Waals surface area contributed by atoms with Crippen molar-refractivity contribution >= 4 is 67.5 Å². The van der Waals surface area contributed by atoms with E-state index >= 15 is 0 Å². The van der Waals surface area contributed by atoms with Crippen molar-refractivity contribution < 1.29 is 133 Å². The van der Waals surface area contributed by atoms with Crippen LogP contribution in [0.4, 0.5) is 0 Å². The van der Waals surface area contributed by atoms with E-state index in [1.165, 1.54) is 0 Å². The molecule has 40 heavy (non-hydrogen) atoms. The van der Waals surface area contributed by atoms with Crippen LogP contribution in [0.2, 0.25) is 0 Å². The van der Waals surface area contributed by atoms with Gasteiger partial charge in [0.05, 0.1) is 12.8 Å². The summed E-state index contributed by atoms with van der Waals surface area (Å²) in [6.45, 7) is 0. The van der Waals surface area contributed by atoms with Crippen LogP contribution >= 0.6 is 0 Å². The van der Waals surface area contributed by atoms with Crippen LogP contribution in [0.1, 0.15) is 38.5 Å². The Kier molecular flexibility index (Phi) is 11.5. The van der Waals surface area contributed by atoms with Crippen LogP contribution in [0, 0.1) is 0 Å². The van der Waals surface area contributed by atoms with E-state index in [1.807, 2.05) is 0 Å². The summed E-state index contributed by atoms with van der Waals surface area (Å²) in [5, 5.41) is 3.27. The van der Waals surface area contributed by atoms with Crippen molar-refractivity contribution in [2.45, 2.75) is 48.4 Å². The minimum atomic E-state index is -5.43. The summed E-state index contributed by atoms with van der Waals surface area (Å²) in [5.41, 5.74) is 0. The van der Waals surface area contributed by atoms with Crippen LogP contribution < -0.4 is 69.7 Å². The van der Waals surface area contributed by atoms with Gasteiger partial charge in [-0.1, -0.05) is 0 Å². The zero-order valence-electron chi connectivity index (χ0n) is 20.5. The smallest absolute Gasteiger partial charge is 0.745 e. The number of nitrogens with zero attached hydrogens (tertiary/aromatic N) is 2. The second-order valence-corrected chi connectivity index (χ2v) is 11.0. The summed E-state index contributed by atoms with van der Waals surface area (Å²) >= 11 is 0. The fraction of sp³-hybridized carbons (Fsp3) is 0.500. The molecule has 0 bridgehead atoms. The van der Waals surface area contributed by atoms with E-state index in [1.54, 1.807) is 10.6 Å². The molecule has 0 spiro atoms. The first-order chi connectivity index (χ1) is 17.3. The van der Waals surface area contributed by atoms with Gasteiger partial charge in [-0.3, -0.25) is 49.0 Å². The molecule has 2 N–H and O–H groups in total. The van der Waals surface area contributed by atoms with Crippen molar-refractivity contribution in [2.24, 2.45) is 0 Å². The molecule has 4 aliphatic rings. The Labute approximate surface area is 267 Å². The van der Waals surface area contributed by atoms with Gasteiger partial charge in [0.1, 0.15) is 20.2 Å². The quantitative estimate of drug-likeness (QED) is 0.157. The summed E-state index contributed by atoms with van der Waals surface area (Å²) in [6.07, 6.45) is -3.14. The van der Waals surface area contributed by atoms with Gasteiger partial charge in [-0.25, -0.2) is 26.5 Å². The van der Waals surface area contributed by atoms with Gasteiger partial charge in [0.15, 0.2) is 0 Å². The Bertz CT molecular complexity index is 1280.